The fourth-order valence-electron chi connectivity index (χ4n) is 5.24. The van der Waals surface area contributed by atoms with E-state index in [1.54, 1.807) is 11.0 Å². The molecule has 5 rings (SSSR count). The number of fused-ring (bicyclic) bond motifs is 2. The Balaban J connectivity index is 1.24. The highest BCUT2D eigenvalue weighted by Crippen LogP contribution is 2.42. The standard InChI is InChI=1S/C25H25ClFN5O3/c1-35-22-8-18(19(27)11-28-22)20-9-21(31-30-20)25(34)32-12-15-5-6-16(13-32)23(15)24(33)29-10-14-3-2-4-17(26)7-14/h2-4,7-9,11,15-16,23H,5-6,10,12-13H2,1H3,(H,29,33)(H,30,31)/t15-,16+,23?. The number of pyridine rings is 1. The number of ether oxygens (including phenoxy) is 1. The third-order valence-electron chi connectivity index (χ3n) is 6.91. The van der Waals surface area contributed by atoms with E-state index in [4.69, 9.17) is 16.3 Å². The molecule has 1 saturated carbocycles. The average molecular weight is 498 g/mol. The minimum atomic E-state index is -0.545. The van der Waals surface area contributed by atoms with Gasteiger partial charge in [-0.1, -0.05) is 23.7 Å². The molecular weight excluding hydrogens is 473 g/mol. The fraction of sp³-hybridized carbons (Fsp3) is 0.360. The lowest BCUT2D eigenvalue weighted by atomic mass is 9.84. The first-order valence-electron chi connectivity index (χ1n) is 11.5. The second kappa shape index (κ2) is 9.65. The van der Waals surface area contributed by atoms with Crippen LogP contribution in [0.5, 0.6) is 5.88 Å². The van der Waals surface area contributed by atoms with Crippen LogP contribution in [0, 0.1) is 23.6 Å². The van der Waals surface area contributed by atoms with Crippen molar-refractivity contribution in [2.24, 2.45) is 17.8 Å². The lowest BCUT2D eigenvalue weighted by Crippen LogP contribution is -2.49. The van der Waals surface area contributed by atoms with Gasteiger partial charge in [0.2, 0.25) is 11.8 Å². The molecule has 1 aliphatic heterocycles. The van der Waals surface area contributed by atoms with Gasteiger partial charge in [0.25, 0.3) is 5.91 Å². The van der Waals surface area contributed by atoms with Crippen LogP contribution in [-0.2, 0) is 11.3 Å². The molecule has 2 N–H and O–H groups in total. The van der Waals surface area contributed by atoms with Crippen molar-refractivity contribution in [3.8, 4) is 17.1 Å². The predicted molar refractivity (Wildman–Crippen MR) is 127 cm³/mol. The maximum absolute atomic E-state index is 14.3. The van der Waals surface area contributed by atoms with Gasteiger partial charge < -0.3 is 15.0 Å². The number of carbonyl (C=O) groups excluding carboxylic acids is 2. The summed E-state index contributed by atoms with van der Waals surface area (Å²) in [5.74, 6) is -0.425. The summed E-state index contributed by atoms with van der Waals surface area (Å²) in [5, 5.41) is 10.5. The largest absolute Gasteiger partial charge is 0.481 e. The zero-order valence-corrected chi connectivity index (χ0v) is 19.9. The number of piperidine rings is 1. The number of H-pyrrole nitrogens is 1. The highest BCUT2D eigenvalue weighted by atomic mass is 35.5. The van der Waals surface area contributed by atoms with Crippen molar-refractivity contribution in [1.29, 1.82) is 0 Å². The monoisotopic (exact) mass is 497 g/mol. The number of halogens is 2. The Labute approximate surface area is 206 Å². The molecule has 0 spiro atoms. The smallest absolute Gasteiger partial charge is 0.274 e. The number of hydrogen-bond acceptors (Lipinski definition) is 5. The zero-order chi connectivity index (χ0) is 24.5. The van der Waals surface area contributed by atoms with Gasteiger partial charge in [0.05, 0.1) is 19.0 Å². The molecular formula is C25H25ClFN5O3. The molecule has 182 valence electrons. The highest BCUT2D eigenvalue weighted by Gasteiger charge is 2.47. The number of aromatic amines is 1. The van der Waals surface area contributed by atoms with E-state index < -0.39 is 5.82 Å². The molecule has 2 aromatic heterocycles. The van der Waals surface area contributed by atoms with Gasteiger partial charge in [-0.05, 0) is 48.4 Å². The molecule has 8 nitrogen and oxygen atoms in total. The van der Waals surface area contributed by atoms with E-state index >= 15 is 0 Å². The Kier molecular flexibility index (Phi) is 6.42. The maximum Gasteiger partial charge on any atom is 0.274 e. The molecule has 0 radical (unpaired) electrons. The Bertz CT molecular complexity index is 1250. The molecule has 35 heavy (non-hydrogen) atoms. The van der Waals surface area contributed by atoms with Gasteiger partial charge in [0, 0.05) is 42.2 Å². The molecule has 1 saturated heterocycles. The summed E-state index contributed by atoms with van der Waals surface area (Å²) >= 11 is 6.03. The predicted octanol–water partition coefficient (Wildman–Crippen LogP) is 3.69. The van der Waals surface area contributed by atoms with Crippen molar-refractivity contribution in [3.63, 3.8) is 0 Å². The lowest BCUT2D eigenvalue weighted by Gasteiger charge is -2.37. The van der Waals surface area contributed by atoms with E-state index in [2.05, 4.69) is 20.5 Å². The second-order valence-corrected chi connectivity index (χ2v) is 9.49. The summed E-state index contributed by atoms with van der Waals surface area (Å²) in [6, 6.07) is 10.4. The Morgan fingerprint density at radius 1 is 1.23 bits per heavy atom. The van der Waals surface area contributed by atoms with Crippen molar-refractivity contribution in [3.05, 3.63) is 64.7 Å². The minimum Gasteiger partial charge on any atom is -0.481 e. The van der Waals surface area contributed by atoms with Crippen LogP contribution in [0.2, 0.25) is 5.02 Å². The molecule has 10 heteroatoms. The quantitative estimate of drug-likeness (QED) is 0.541. The van der Waals surface area contributed by atoms with Gasteiger partial charge in [-0.3, -0.25) is 14.7 Å². The third kappa shape index (κ3) is 4.73. The first-order valence-corrected chi connectivity index (χ1v) is 11.9. The van der Waals surface area contributed by atoms with Crippen molar-refractivity contribution < 1.29 is 18.7 Å². The number of carbonyl (C=O) groups is 2. The molecule has 3 atom stereocenters. The average Bonchev–Trinajstić information content (AvgIpc) is 3.45. The summed E-state index contributed by atoms with van der Waals surface area (Å²) in [7, 11) is 1.45. The number of amides is 2. The number of rotatable bonds is 6. The van der Waals surface area contributed by atoms with Gasteiger partial charge in [0.1, 0.15) is 0 Å². The van der Waals surface area contributed by atoms with Crippen molar-refractivity contribution in [1.82, 2.24) is 25.4 Å². The van der Waals surface area contributed by atoms with Crippen LogP contribution in [0.4, 0.5) is 4.39 Å². The number of nitrogens with zero attached hydrogens (tertiary/aromatic N) is 3. The first-order chi connectivity index (χ1) is 16.9. The molecule has 1 unspecified atom stereocenters. The molecule has 1 aliphatic carbocycles. The summed E-state index contributed by atoms with van der Waals surface area (Å²) in [4.78, 5) is 31.8. The Hall–Kier alpha value is -3.46. The minimum absolute atomic E-state index is 0.0220. The first kappa shape index (κ1) is 23.3. The van der Waals surface area contributed by atoms with Crippen molar-refractivity contribution in [2.45, 2.75) is 19.4 Å². The van der Waals surface area contributed by atoms with Crippen LogP contribution in [0.25, 0.3) is 11.3 Å². The van der Waals surface area contributed by atoms with Gasteiger partial charge in [-0.25, -0.2) is 9.37 Å². The number of aromatic nitrogens is 3. The maximum atomic E-state index is 14.3. The molecule has 1 aromatic carbocycles. The summed E-state index contributed by atoms with van der Waals surface area (Å²) < 4.78 is 19.3. The molecule has 3 heterocycles. The SMILES string of the molecule is COc1cc(-c2cc(C(=O)N3C[C@H]4CC[C@@H](C3)C4C(=O)NCc3cccc(Cl)c3)n[nH]2)c(F)cn1. The molecule has 2 fully saturated rings. The Morgan fingerprint density at radius 3 is 2.71 bits per heavy atom. The number of benzene rings is 1. The lowest BCUT2D eigenvalue weighted by molar-refractivity contribution is -0.129. The van der Waals surface area contributed by atoms with Crippen LogP contribution in [0.1, 0.15) is 28.9 Å². The fourth-order valence-corrected chi connectivity index (χ4v) is 5.45. The van der Waals surface area contributed by atoms with Gasteiger partial charge >= 0.3 is 0 Å². The van der Waals surface area contributed by atoms with Gasteiger partial charge in [0.15, 0.2) is 11.5 Å². The van der Waals surface area contributed by atoms with E-state index in [1.807, 2.05) is 18.2 Å². The third-order valence-corrected chi connectivity index (χ3v) is 7.14. The normalized spacial score (nSPS) is 21.1. The summed E-state index contributed by atoms with van der Waals surface area (Å²) in [5.41, 5.74) is 1.74. The number of hydrogen-bond donors (Lipinski definition) is 2. The van der Waals surface area contributed by atoms with Crippen LogP contribution < -0.4 is 10.1 Å². The summed E-state index contributed by atoms with van der Waals surface area (Å²) in [6.45, 7) is 1.40. The van der Waals surface area contributed by atoms with Crippen LogP contribution in [-0.4, -0.2) is 52.1 Å². The van der Waals surface area contributed by atoms with Gasteiger partial charge in [-0.2, -0.15) is 5.10 Å². The number of nitrogens with one attached hydrogen (secondary N) is 2. The van der Waals surface area contributed by atoms with E-state index in [0.29, 0.717) is 30.4 Å². The van der Waals surface area contributed by atoms with E-state index in [1.165, 1.54) is 19.2 Å². The molecule has 2 bridgehead atoms. The number of likely N-dealkylation sites (tertiary alicyclic amines) is 1. The zero-order valence-electron chi connectivity index (χ0n) is 19.1. The second-order valence-electron chi connectivity index (χ2n) is 9.05. The van der Waals surface area contributed by atoms with E-state index in [-0.39, 0.29) is 46.7 Å². The molecule has 3 aromatic rings. The van der Waals surface area contributed by atoms with Gasteiger partial charge in [-0.15, -0.1) is 0 Å². The van der Waals surface area contributed by atoms with E-state index in [0.717, 1.165) is 24.6 Å². The van der Waals surface area contributed by atoms with Crippen molar-refractivity contribution >= 4 is 23.4 Å². The molecule has 2 aliphatic rings. The highest BCUT2D eigenvalue weighted by molar-refractivity contribution is 6.30. The van der Waals surface area contributed by atoms with Crippen LogP contribution in [0.3, 0.4) is 0 Å². The topological polar surface area (TPSA) is 100 Å². The number of methoxy groups -OCH3 is 1. The van der Waals surface area contributed by atoms with Crippen LogP contribution in [0.15, 0.2) is 42.6 Å². The molecule has 2 amide bonds. The Morgan fingerprint density at radius 2 is 2.00 bits per heavy atom. The van der Waals surface area contributed by atoms with Crippen molar-refractivity contribution in [2.75, 3.05) is 20.2 Å². The van der Waals surface area contributed by atoms with Crippen LogP contribution >= 0.6 is 11.6 Å². The van der Waals surface area contributed by atoms with E-state index in [9.17, 15) is 14.0 Å². The summed E-state index contributed by atoms with van der Waals surface area (Å²) in [6.07, 6.45) is 2.87.